The van der Waals surface area contributed by atoms with Gasteiger partial charge in [-0.05, 0) is 18.2 Å². The summed E-state index contributed by atoms with van der Waals surface area (Å²) < 4.78 is 37.2. The summed E-state index contributed by atoms with van der Waals surface area (Å²) in [5.74, 6) is 0. The number of hydrogen-bond donors (Lipinski definition) is 0. The summed E-state index contributed by atoms with van der Waals surface area (Å²) >= 11 is 13.1. The molecule has 9 heteroatoms. The Balaban J connectivity index is 2.21. The van der Waals surface area contributed by atoms with Crippen molar-refractivity contribution in [1.82, 2.24) is 10.2 Å². The zero-order chi connectivity index (χ0) is 13.3. The molecule has 0 radical (unpaired) electrons. The fourth-order valence-electron chi connectivity index (χ4n) is 1.02. The van der Waals surface area contributed by atoms with Crippen LogP contribution in [0.3, 0.4) is 0 Å². The number of alkyl halides is 3. The summed E-state index contributed by atoms with van der Waals surface area (Å²) in [6.45, 7) is 0. The summed E-state index contributed by atoms with van der Waals surface area (Å²) in [7, 11) is 0. The van der Waals surface area contributed by atoms with E-state index in [2.05, 4.69) is 10.2 Å². The predicted molar refractivity (Wildman–Crippen MR) is 65.5 cm³/mol. The molecule has 0 aliphatic heterocycles. The number of hydrogen-bond acceptors (Lipinski definition) is 4. The van der Waals surface area contributed by atoms with Gasteiger partial charge in [0.25, 0.3) is 0 Å². The minimum atomic E-state index is -4.47. The van der Waals surface area contributed by atoms with E-state index in [-0.39, 0.29) is 4.34 Å². The molecule has 2 aromatic rings. The maximum absolute atomic E-state index is 12.3. The second-order valence-electron chi connectivity index (χ2n) is 3.05. The standard InChI is InChI=1S/C9H3Cl2F3N2S2/c10-4-1-2-6(5(11)3-4)17-8-16-15-7(18-8)9(12,13)14/h1-3H. The lowest BCUT2D eigenvalue weighted by Crippen LogP contribution is -2.03. The van der Waals surface area contributed by atoms with Crippen molar-refractivity contribution in [2.24, 2.45) is 0 Å². The van der Waals surface area contributed by atoms with Gasteiger partial charge in [0.15, 0.2) is 4.34 Å². The zero-order valence-electron chi connectivity index (χ0n) is 8.33. The summed E-state index contributed by atoms with van der Waals surface area (Å²) in [6.07, 6.45) is -4.47. The molecule has 0 fully saturated rings. The highest BCUT2D eigenvalue weighted by atomic mass is 35.5. The van der Waals surface area contributed by atoms with Gasteiger partial charge in [-0.1, -0.05) is 46.3 Å². The Morgan fingerprint density at radius 3 is 2.44 bits per heavy atom. The normalized spacial score (nSPS) is 11.8. The molecule has 2 nitrogen and oxygen atoms in total. The molecule has 1 heterocycles. The van der Waals surface area contributed by atoms with Gasteiger partial charge in [-0.2, -0.15) is 13.2 Å². The van der Waals surface area contributed by atoms with Crippen LogP contribution in [0.4, 0.5) is 13.2 Å². The Bertz CT molecular complexity index is 571. The van der Waals surface area contributed by atoms with E-state index in [9.17, 15) is 13.2 Å². The molecule has 18 heavy (non-hydrogen) atoms. The highest BCUT2D eigenvalue weighted by Crippen LogP contribution is 2.39. The summed E-state index contributed by atoms with van der Waals surface area (Å²) in [4.78, 5) is 0.575. The topological polar surface area (TPSA) is 25.8 Å². The lowest BCUT2D eigenvalue weighted by molar-refractivity contribution is -0.138. The maximum Gasteiger partial charge on any atom is 0.445 e. The first kappa shape index (κ1) is 13.9. The summed E-state index contributed by atoms with van der Waals surface area (Å²) in [5.41, 5.74) is 0. The van der Waals surface area contributed by atoms with Crippen molar-refractivity contribution in [3.63, 3.8) is 0 Å². The Labute approximate surface area is 118 Å². The van der Waals surface area contributed by atoms with Crippen molar-refractivity contribution in [3.8, 4) is 0 Å². The van der Waals surface area contributed by atoms with Gasteiger partial charge in [0.2, 0.25) is 5.01 Å². The fraction of sp³-hybridized carbons (Fsp3) is 0.111. The van der Waals surface area contributed by atoms with E-state index in [1.54, 1.807) is 12.1 Å². The molecule has 0 unspecified atom stereocenters. The van der Waals surface area contributed by atoms with Crippen LogP contribution in [0.2, 0.25) is 10.0 Å². The van der Waals surface area contributed by atoms with Crippen molar-refractivity contribution >= 4 is 46.3 Å². The monoisotopic (exact) mass is 330 g/mol. The zero-order valence-corrected chi connectivity index (χ0v) is 11.5. The number of aromatic nitrogens is 2. The van der Waals surface area contributed by atoms with E-state index >= 15 is 0 Å². The third-order valence-corrected chi connectivity index (χ3v) is 4.49. The van der Waals surface area contributed by atoms with Crippen LogP contribution in [0.5, 0.6) is 0 Å². The van der Waals surface area contributed by atoms with Crippen molar-refractivity contribution < 1.29 is 13.2 Å². The average molecular weight is 331 g/mol. The van der Waals surface area contributed by atoms with Crippen LogP contribution >= 0.6 is 46.3 Å². The Kier molecular flexibility index (Phi) is 4.05. The maximum atomic E-state index is 12.3. The number of halogens is 5. The van der Waals surface area contributed by atoms with E-state index in [0.29, 0.717) is 26.3 Å². The van der Waals surface area contributed by atoms with E-state index in [1.165, 1.54) is 6.07 Å². The first-order valence-electron chi connectivity index (χ1n) is 4.40. The van der Waals surface area contributed by atoms with Crippen molar-refractivity contribution in [3.05, 3.63) is 33.3 Å². The van der Waals surface area contributed by atoms with E-state index in [1.807, 2.05) is 0 Å². The summed E-state index contributed by atoms with van der Waals surface area (Å²) in [5, 5.41) is 6.38. The molecule has 0 saturated carbocycles. The Hall–Kier alpha value is -0.500. The van der Waals surface area contributed by atoms with Gasteiger partial charge < -0.3 is 0 Å². The molecule has 0 aliphatic rings. The molecule has 0 bridgehead atoms. The lowest BCUT2D eigenvalue weighted by Gasteiger charge is -2.01. The van der Waals surface area contributed by atoms with Crippen molar-refractivity contribution in [2.45, 2.75) is 15.4 Å². The largest absolute Gasteiger partial charge is 0.445 e. The van der Waals surface area contributed by atoms with Crippen LogP contribution in [-0.2, 0) is 6.18 Å². The Morgan fingerprint density at radius 2 is 1.89 bits per heavy atom. The molecule has 0 spiro atoms. The van der Waals surface area contributed by atoms with Crippen molar-refractivity contribution in [1.29, 1.82) is 0 Å². The molecule has 1 aromatic heterocycles. The molecule has 0 aliphatic carbocycles. The van der Waals surface area contributed by atoms with Gasteiger partial charge in [-0.15, -0.1) is 10.2 Å². The molecule has 0 saturated heterocycles. The van der Waals surface area contributed by atoms with Gasteiger partial charge in [0, 0.05) is 9.92 Å². The molecule has 1 aromatic carbocycles. The van der Waals surface area contributed by atoms with E-state index in [4.69, 9.17) is 23.2 Å². The highest BCUT2D eigenvalue weighted by molar-refractivity contribution is 8.01. The number of nitrogens with zero attached hydrogens (tertiary/aromatic N) is 2. The predicted octanol–water partition coefficient (Wildman–Crippen LogP) is 5.01. The number of benzene rings is 1. The molecule has 2 rings (SSSR count). The van der Waals surface area contributed by atoms with E-state index in [0.717, 1.165) is 11.8 Å². The molecule has 0 amide bonds. The third-order valence-electron chi connectivity index (χ3n) is 1.74. The molecular weight excluding hydrogens is 328 g/mol. The minimum Gasteiger partial charge on any atom is -0.164 e. The van der Waals surface area contributed by atoms with Crippen LogP contribution in [0.25, 0.3) is 0 Å². The van der Waals surface area contributed by atoms with E-state index < -0.39 is 11.2 Å². The second kappa shape index (κ2) is 5.24. The van der Waals surface area contributed by atoms with Crippen molar-refractivity contribution in [2.75, 3.05) is 0 Å². The van der Waals surface area contributed by atoms with Gasteiger partial charge in [-0.25, -0.2) is 0 Å². The SMILES string of the molecule is FC(F)(F)c1nnc(Sc2ccc(Cl)cc2Cl)s1. The minimum absolute atomic E-state index is 0.173. The smallest absolute Gasteiger partial charge is 0.164 e. The third kappa shape index (κ3) is 3.28. The van der Waals surface area contributed by atoms with Gasteiger partial charge in [-0.3, -0.25) is 0 Å². The van der Waals surface area contributed by atoms with Crippen LogP contribution in [-0.4, -0.2) is 10.2 Å². The molecule has 0 N–H and O–H groups in total. The quantitative estimate of drug-likeness (QED) is 0.773. The van der Waals surface area contributed by atoms with Crippen LogP contribution < -0.4 is 0 Å². The second-order valence-corrected chi connectivity index (χ2v) is 6.16. The highest BCUT2D eigenvalue weighted by Gasteiger charge is 2.35. The van der Waals surface area contributed by atoms with Gasteiger partial charge in [0.05, 0.1) is 5.02 Å². The van der Waals surface area contributed by atoms with Gasteiger partial charge in [0.1, 0.15) is 0 Å². The first-order chi connectivity index (χ1) is 8.36. The van der Waals surface area contributed by atoms with Crippen LogP contribution in [0.1, 0.15) is 5.01 Å². The number of rotatable bonds is 2. The summed E-state index contributed by atoms with van der Waals surface area (Å²) in [6, 6.07) is 4.72. The van der Waals surface area contributed by atoms with Crippen LogP contribution in [0, 0.1) is 0 Å². The fourth-order valence-corrected chi connectivity index (χ4v) is 3.22. The molecule has 0 atom stereocenters. The van der Waals surface area contributed by atoms with Crippen LogP contribution in [0.15, 0.2) is 27.4 Å². The van der Waals surface area contributed by atoms with Gasteiger partial charge >= 0.3 is 6.18 Å². The lowest BCUT2D eigenvalue weighted by atomic mass is 10.4. The Morgan fingerprint density at radius 1 is 1.17 bits per heavy atom. The molecular formula is C9H3Cl2F3N2S2. The average Bonchev–Trinajstić information content (AvgIpc) is 2.70. The first-order valence-corrected chi connectivity index (χ1v) is 6.79. The molecule has 96 valence electrons.